The SMILES string of the molecule is Cc1c2c(cc3c1N(C(=O)O)CCC[C@@H]3N(Cc1cc(C(F)(F)F)cc(C(F)(F)F)c1)c1nn[nH]n1)CCC2. The number of carbonyl (C=O) groups is 1. The fraction of sp³-hybridized carbons (Fsp3) is 0.440. The van der Waals surface area contributed by atoms with Gasteiger partial charge in [-0.15, -0.1) is 5.10 Å². The number of tetrazole rings is 1. The van der Waals surface area contributed by atoms with Crippen LogP contribution in [0.15, 0.2) is 24.3 Å². The van der Waals surface area contributed by atoms with Gasteiger partial charge in [-0.2, -0.15) is 31.6 Å². The molecule has 208 valence electrons. The number of aryl methyl sites for hydroxylation is 1. The smallest absolute Gasteiger partial charge is 0.416 e. The summed E-state index contributed by atoms with van der Waals surface area (Å²) in [6.07, 6.45) is -7.91. The molecule has 2 N–H and O–H groups in total. The minimum absolute atomic E-state index is 0.0288. The van der Waals surface area contributed by atoms with E-state index in [9.17, 15) is 36.2 Å². The Morgan fingerprint density at radius 2 is 1.77 bits per heavy atom. The molecule has 0 saturated heterocycles. The lowest BCUT2D eigenvalue weighted by molar-refractivity contribution is -0.143. The summed E-state index contributed by atoms with van der Waals surface area (Å²) < 4.78 is 81.4. The number of rotatable bonds is 4. The Labute approximate surface area is 218 Å². The van der Waals surface area contributed by atoms with Crippen molar-refractivity contribution in [3.8, 4) is 0 Å². The largest absolute Gasteiger partial charge is 0.465 e. The van der Waals surface area contributed by atoms with E-state index < -0.39 is 42.2 Å². The predicted octanol–water partition coefficient (Wildman–Crippen LogP) is 6.06. The number of halogens is 6. The second-order valence-corrected chi connectivity index (χ2v) is 9.78. The van der Waals surface area contributed by atoms with Gasteiger partial charge < -0.3 is 10.0 Å². The van der Waals surface area contributed by atoms with Gasteiger partial charge in [0.2, 0.25) is 0 Å². The van der Waals surface area contributed by atoms with Crippen LogP contribution >= 0.6 is 0 Å². The number of aromatic nitrogens is 4. The van der Waals surface area contributed by atoms with Crippen molar-refractivity contribution in [1.82, 2.24) is 20.6 Å². The quantitative estimate of drug-likeness (QED) is 0.381. The van der Waals surface area contributed by atoms with E-state index in [1.165, 1.54) is 9.80 Å². The summed E-state index contributed by atoms with van der Waals surface area (Å²) in [6, 6.07) is 2.71. The van der Waals surface area contributed by atoms with E-state index in [1.807, 2.05) is 13.0 Å². The van der Waals surface area contributed by atoms with Crippen LogP contribution in [0.5, 0.6) is 0 Å². The molecule has 14 heteroatoms. The van der Waals surface area contributed by atoms with Crippen LogP contribution in [-0.4, -0.2) is 38.4 Å². The monoisotopic (exact) mass is 554 g/mol. The molecule has 2 aromatic carbocycles. The third-order valence-corrected chi connectivity index (χ3v) is 7.36. The molecular weight excluding hydrogens is 530 g/mol. The highest BCUT2D eigenvalue weighted by molar-refractivity contribution is 5.89. The fourth-order valence-electron chi connectivity index (χ4n) is 5.71. The molecule has 3 aromatic rings. The van der Waals surface area contributed by atoms with Crippen molar-refractivity contribution < 1.29 is 36.2 Å². The van der Waals surface area contributed by atoms with Gasteiger partial charge in [0.25, 0.3) is 5.95 Å². The highest BCUT2D eigenvalue weighted by Gasteiger charge is 2.39. The molecular formula is C25H24F6N6O2. The zero-order valence-electron chi connectivity index (χ0n) is 20.7. The van der Waals surface area contributed by atoms with E-state index in [2.05, 4.69) is 20.6 Å². The molecule has 1 aliphatic heterocycles. The molecule has 1 atom stereocenters. The summed E-state index contributed by atoms with van der Waals surface area (Å²) in [5, 5.41) is 23.8. The van der Waals surface area contributed by atoms with Gasteiger partial charge in [-0.05, 0) is 90.3 Å². The number of anilines is 2. The van der Waals surface area contributed by atoms with E-state index >= 15 is 0 Å². The van der Waals surface area contributed by atoms with Crippen LogP contribution in [0.25, 0.3) is 0 Å². The first kappa shape index (κ1) is 26.8. The molecule has 1 aromatic heterocycles. The number of aromatic amines is 1. The van der Waals surface area contributed by atoms with Crippen LogP contribution in [0.2, 0.25) is 0 Å². The number of nitrogens with one attached hydrogen (secondary N) is 1. The fourth-order valence-corrected chi connectivity index (χ4v) is 5.71. The summed E-state index contributed by atoms with van der Waals surface area (Å²) in [5.41, 5.74) is 0.927. The highest BCUT2D eigenvalue weighted by atomic mass is 19.4. The molecule has 1 aliphatic carbocycles. The first-order chi connectivity index (χ1) is 18.3. The van der Waals surface area contributed by atoms with Crippen molar-refractivity contribution in [1.29, 1.82) is 0 Å². The van der Waals surface area contributed by atoms with Crippen molar-refractivity contribution >= 4 is 17.7 Å². The summed E-state index contributed by atoms with van der Waals surface area (Å²) >= 11 is 0. The Balaban J connectivity index is 1.66. The topological polar surface area (TPSA) is 98.2 Å². The lowest BCUT2D eigenvalue weighted by atomic mass is 9.91. The van der Waals surface area contributed by atoms with E-state index in [0.29, 0.717) is 36.2 Å². The Bertz CT molecular complexity index is 1360. The number of benzene rings is 2. The summed E-state index contributed by atoms with van der Waals surface area (Å²) in [4.78, 5) is 15.0. The highest BCUT2D eigenvalue weighted by Crippen LogP contribution is 2.45. The third kappa shape index (κ3) is 5.11. The van der Waals surface area contributed by atoms with Crippen molar-refractivity contribution in [3.63, 3.8) is 0 Å². The summed E-state index contributed by atoms with van der Waals surface area (Å²) in [7, 11) is 0. The van der Waals surface area contributed by atoms with Crippen molar-refractivity contribution in [3.05, 3.63) is 63.2 Å². The average molecular weight is 554 g/mol. The normalized spacial score (nSPS) is 17.5. The molecule has 2 aliphatic rings. The Morgan fingerprint density at radius 3 is 2.36 bits per heavy atom. The molecule has 0 fully saturated rings. The summed E-state index contributed by atoms with van der Waals surface area (Å²) in [5.74, 6) is -0.0288. The predicted molar refractivity (Wildman–Crippen MR) is 127 cm³/mol. The Hall–Kier alpha value is -3.84. The van der Waals surface area contributed by atoms with Gasteiger partial charge in [-0.1, -0.05) is 11.2 Å². The van der Waals surface area contributed by atoms with E-state index in [-0.39, 0.29) is 24.1 Å². The van der Waals surface area contributed by atoms with E-state index in [4.69, 9.17) is 0 Å². The van der Waals surface area contributed by atoms with Crippen LogP contribution in [0.3, 0.4) is 0 Å². The molecule has 5 rings (SSSR count). The zero-order valence-corrected chi connectivity index (χ0v) is 20.7. The van der Waals surface area contributed by atoms with Gasteiger partial charge >= 0.3 is 18.4 Å². The maximum absolute atomic E-state index is 13.6. The van der Waals surface area contributed by atoms with Crippen molar-refractivity contribution in [2.45, 2.75) is 64.0 Å². The Morgan fingerprint density at radius 1 is 1.08 bits per heavy atom. The van der Waals surface area contributed by atoms with Crippen LogP contribution in [0.4, 0.5) is 42.8 Å². The standard InChI is InChI=1S/C25H24F6N6O2/c1-13-18-5-2-4-15(18)10-19-20(6-3-7-36(21(13)19)23(38)39)37(22-32-34-35-33-22)12-14-8-16(24(26,27)28)11-17(9-14)25(29,30)31/h8-11,20H,2-7,12H2,1H3,(H,38,39)(H,32,33,34,35)/t20-/m0/s1. The zero-order chi connectivity index (χ0) is 28.1. The van der Waals surface area contributed by atoms with Gasteiger partial charge in [0.05, 0.1) is 22.9 Å². The number of hydrogen-bond donors (Lipinski definition) is 2. The minimum Gasteiger partial charge on any atom is -0.465 e. The molecule has 0 bridgehead atoms. The van der Waals surface area contributed by atoms with Crippen LogP contribution in [-0.2, 0) is 31.7 Å². The van der Waals surface area contributed by atoms with Crippen LogP contribution < -0.4 is 9.80 Å². The number of carboxylic acid groups (broad SMARTS) is 1. The molecule has 2 heterocycles. The van der Waals surface area contributed by atoms with Crippen molar-refractivity contribution in [2.24, 2.45) is 0 Å². The van der Waals surface area contributed by atoms with E-state index in [0.717, 1.165) is 36.0 Å². The number of hydrogen-bond acceptors (Lipinski definition) is 5. The molecule has 8 nitrogen and oxygen atoms in total. The van der Waals surface area contributed by atoms with E-state index in [1.54, 1.807) is 0 Å². The third-order valence-electron chi connectivity index (χ3n) is 7.36. The van der Waals surface area contributed by atoms with Crippen LogP contribution in [0.1, 0.15) is 64.2 Å². The molecule has 0 spiro atoms. The number of H-pyrrole nitrogens is 1. The first-order valence-electron chi connectivity index (χ1n) is 12.3. The summed E-state index contributed by atoms with van der Waals surface area (Å²) in [6.45, 7) is 1.63. The molecule has 0 unspecified atom stereocenters. The number of fused-ring (bicyclic) bond motifs is 2. The van der Waals surface area contributed by atoms with Crippen LogP contribution in [0, 0.1) is 6.92 Å². The first-order valence-corrected chi connectivity index (χ1v) is 12.3. The molecule has 0 saturated carbocycles. The maximum atomic E-state index is 13.6. The van der Waals surface area contributed by atoms with Gasteiger partial charge in [0.15, 0.2) is 0 Å². The lowest BCUT2D eigenvalue weighted by Gasteiger charge is -2.33. The maximum Gasteiger partial charge on any atom is 0.416 e. The molecule has 1 amide bonds. The van der Waals surface area contributed by atoms with Gasteiger partial charge in [-0.3, -0.25) is 4.90 Å². The lowest BCUT2D eigenvalue weighted by Crippen LogP contribution is -2.32. The second kappa shape index (κ2) is 9.72. The number of alkyl halides is 6. The van der Waals surface area contributed by atoms with Gasteiger partial charge in [0, 0.05) is 13.1 Å². The average Bonchev–Trinajstić information content (AvgIpc) is 3.51. The minimum atomic E-state index is -5.00. The van der Waals surface area contributed by atoms with Gasteiger partial charge in [-0.25, -0.2) is 4.79 Å². The Kier molecular flexibility index (Phi) is 6.67. The number of nitrogens with zero attached hydrogens (tertiary/aromatic N) is 5. The number of amides is 1. The molecule has 0 radical (unpaired) electrons. The van der Waals surface area contributed by atoms with Gasteiger partial charge in [0.1, 0.15) is 0 Å². The molecule has 39 heavy (non-hydrogen) atoms. The second-order valence-electron chi connectivity index (χ2n) is 9.78. The van der Waals surface area contributed by atoms with Crippen molar-refractivity contribution in [2.75, 3.05) is 16.3 Å².